The van der Waals surface area contributed by atoms with Gasteiger partial charge >= 0.3 is 0 Å². The van der Waals surface area contributed by atoms with Crippen LogP contribution in [0.1, 0.15) is 56.1 Å². The maximum Gasteiger partial charge on any atom is 0.253 e. The lowest BCUT2D eigenvalue weighted by atomic mass is 9.68. The Labute approximate surface area is 209 Å². The van der Waals surface area contributed by atoms with E-state index in [9.17, 15) is 4.79 Å². The van der Waals surface area contributed by atoms with Gasteiger partial charge in [0.05, 0.1) is 38.5 Å². The number of aromatic nitrogens is 1. The van der Waals surface area contributed by atoms with Crippen molar-refractivity contribution in [3.8, 4) is 11.5 Å². The summed E-state index contributed by atoms with van der Waals surface area (Å²) in [5.74, 6) is 2.06. The third-order valence-corrected chi connectivity index (χ3v) is 9.34. The summed E-state index contributed by atoms with van der Waals surface area (Å²) in [5, 5.41) is 4.45. The van der Waals surface area contributed by atoms with Crippen LogP contribution in [0.2, 0.25) is 0 Å². The Morgan fingerprint density at radius 3 is 2.51 bits per heavy atom. The van der Waals surface area contributed by atoms with Gasteiger partial charge in [0.1, 0.15) is 0 Å². The number of rotatable bonds is 7. The van der Waals surface area contributed by atoms with Crippen LogP contribution in [0.5, 0.6) is 11.5 Å². The molecule has 192 valence electrons. The van der Waals surface area contributed by atoms with Crippen molar-refractivity contribution in [2.45, 2.75) is 59.5 Å². The highest BCUT2D eigenvalue weighted by Crippen LogP contribution is 2.62. The number of nitrogens with one attached hydrogen (secondary N) is 1. The zero-order valence-corrected chi connectivity index (χ0v) is 22.2. The van der Waals surface area contributed by atoms with Gasteiger partial charge in [-0.15, -0.1) is 0 Å². The second-order valence-corrected chi connectivity index (χ2v) is 11.6. The average molecular weight is 484 g/mol. The molecule has 2 saturated carbocycles. The molecule has 2 bridgehead atoms. The molecule has 2 aliphatic carbocycles. The average Bonchev–Trinajstić information content (AvgIpc) is 3.44. The third kappa shape index (κ3) is 3.91. The molecule has 3 fully saturated rings. The Kier molecular flexibility index (Phi) is 6.29. The molecular weight excluding hydrogens is 442 g/mol. The van der Waals surface area contributed by atoms with Gasteiger partial charge in [-0.3, -0.25) is 9.69 Å². The molecule has 2 heterocycles. The number of benzene rings is 1. The van der Waals surface area contributed by atoms with Crippen LogP contribution in [0.4, 0.5) is 0 Å². The first-order chi connectivity index (χ1) is 16.7. The van der Waals surface area contributed by atoms with Crippen molar-refractivity contribution in [1.29, 1.82) is 0 Å². The molecule has 0 spiro atoms. The van der Waals surface area contributed by atoms with E-state index in [1.165, 1.54) is 19.3 Å². The molecule has 2 aromatic rings. The largest absolute Gasteiger partial charge is 0.493 e. The maximum atomic E-state index is 14.0. The van der Waals surface area contributed by atoms with Crippen LogP contribution in [0.25, 0.3) is 10.9 Å². The molecule has 1 N–H and O–H groups in total. The van der Waals surface area contributed by atoms with Crippen LogP contribution in [0, 0.1) is 23.7 Å². The van der Waals surface area contributed by atoms with Crippen LogP contribution in [-0.4, -0.2) is 68.5 Å². The lowest BCUT2D eigenvalue weighted by Crippen LogP contribution is -2.52. The molecule has 35 heavy (non-hydrogen) atoms. The van der Waals surface area contributed by atoms with Gasteiger partial charge in [0, 0.05) is 43.3 Å². The number of fused-ring (bicyclic) bond motifs is 3. The SMILES string of the molecule is COc1ccc2c(C(=O)N[C@@H]3C(C)(C)[C@@H]4CC[C@@]3(C)C4)c(C)n(CCN3CCOCC3)c2c1OC. The molecule has 3 aliphatic rings. The number of carbonyl (C=O) groups excluding carboxylic acids is 1. The molecule has 1 aromatic heterocycles. The van der Waals surface area contributed by atoms with E-state index in [1.807, 2.05) is 12.1 Å². The van der Waals surface area contributed by atoms with Crippen LogP contribution in [0.3, 0.4) is 0 Å². The molecule has 7 heteroatoms. The Morgan fingerprint density at radius 2 is 1.89 bits per heavy atom. The van der Waals surface area contributed by atoms with Crippen molar-refractivity contribution < 1.29 is 19.0 Å². The van der Waals surface area contributed by atoms with Crippen molar-refractivity contribution in [2.24, 2.45) is 16.7 Å². The van der Waals surface area contributed by atoms with Crippen molar-refractivity contribution in [3.05, 3.63) is 23.4 Å². The second-order valence-electron chi connectivity index (χ2n) is 11.6. The van der Waals surface area contributed by atoms with E-state index >= 15 is 0 Å². The number of nitrogens with zero attached hydrogens (tertiary/aromatic N) is 2. The standard InChI is InChI=1S/C28H41N3O4/c1-18-22(25(32)29-26-27(2,3)19-9-10-28(26,4)17-19)20-7-8-21(33-5)24(34-6)23(20)31(18)12-11-30-13-15-35-16-14-30/h7-8,19,26H,9-17H2,1-6H3,(H,29,32)/t19-,26-,28+/m1/s1. The van der Waals surface area contributed by atoms with Crippen LogP contribution < -0.4 is 14.8 Å². The van der Waals surface area contributed by atoms with Crippen LogP contribution in [-0.2, 0) is 11.3 Å². The predicted octanol–water partition coefficient (Wildman–Crippen LogP) is 4.24. The van der Waals surface area contributed by atoms with Gasteiger partial charge < -0.3 is 24.1 Å². The summed E-state index contributed by atoms with van der Waals surface area (Å²) in [6.07, 6.45) is 3.67. The van der Waals surface area contributed by atoms with Gasteiger partial charge in [-0.25, -0.2) is 0 Å². The first-order valence-electron chi connectivity index (χ1n) is 13.1. The summed E-state index contributed by atoms with van der Waals surface area (Å²) < 4.78 is 19.2. The lowest BCUT2D eigenvalue weighted by molar-refractivity contribution is 0.0364. The van der Waals surface area contributed by atoms with Crippen LogP contribution >= 0.6 is 0 Å². The second kappa shape index (κ2) is 9.00. The van der Waals surface area contributed by atoms with Gasteiger partial charge in [-0.2, -0.15) is 0 Å². The zero-order chi connectivity index (χ0) is 25.0. The topological polar surface area (TPSA) is 65.0 Å². The molecule has 1 amide bonds. The number of amides is 1. The summed E-state index contributed by atoms with van der Waals surface area (Å²) in [6.45, 7) is 14.2. The summed E-state index contributed by atoms with van der Waals surface area (Å²) in [6, 6.07) is 4.09. The highest BCUT2D eigenvalue weighted by atomic mass is 16.5. The highest BCUT2D eigenvalue weighted by molar-refractivity contribution is 6.10. The summed E-state index contributed by atoms with van der Waals surface area (Å²) in [4.78, 5) is 16.4. The lowest BCUT2D eigenvalue weighted by Gasteiger charge is -2.43. The summed E-state index contributed by atoms with van der Waals surface area (Å²) in [7, 11) is 3.33. The van der Waals surface area contributed by atoms with Crippen molar-refractivity contribution in [2.75, 3.05) is 47.1 Å². The van der Waals surface area contributed by atoms with Gasteiger partial charge in [0.15, 0.2) is 11.5 Å². The Bertz CT molecular complexity index is 1110. The molecule has 5 rings (SSSR count). The summed E-state index contributed by atoms with van der Waals surface area (Å²) >= 11 is 0. The quantitative estimate of drug-likeness (QED) is 0.638. The van der Waals surface area contributed by atoms with E-state index in [2.05, 4.69) is 42.5 Å². The van der Waals surface area contributed by atoms with Crippen LogP contribution in [0.15, 0.2) is 12.1 Å². The molecule has 3 atom stereocenters. The van der Waals surface area contributed by atoms with E-state index in [0.29, 0.717) is 17.4 Å². The Balaban J connectivity index is 1.53. The number of ether oxygens (including phenoxy) is 3. The molecule has 1 aliphatic heterocycles. The van der Waals surface area contributed by atoms with E-state index in [4.69, 9.17) is 14.2 Å². The fourth-order valence-corrected chi connectivity index (χ4v) is 7.38. The minimum atomic E-state index is 0.0247. The Morgan fingerprint density at radius 1 is 1.14 bits per heavy atom. The van der Waals surface area contributed by atoms with Gasteiger partial charge in [0.2, 0.25) is 0 Å². The molecule has 1 aromatic carbocycles. The summed E-state index contributed by atoms with van der Waals surface area (Å²) in [5.41, 5.74) is 2.94. The first-order valence-corrected chi connectivity index (χ1v) is 13.1. The number of carbonyl (C=O) groups is 1. The van der Waals surface area contributed by atoms with E-state index < -0.39 is 0 Å². The van der Waals surface area contributed by atoms with Gasteiger partial charge in [0.25, 0.3) is 5.91 Å². The molecule has 0 unspecified atom stereocenters. The first kappa shape index (κ1) is 24.4. The monoisotopic (exact) mass is 483 g/mol. The van der Waals surface area contributed by atoms with E-state index in [1.54, 1.807) is 14.2 Å². The van der Waals surface area contributed by atoms with Crippen molar-refractivity contribution >= 4 is 16.8 Å². The molecular formula is C28H41N3O4. The number of methoxy groups -OCH3 is 2. The van der Waals surface area contributed by atoms with Gasteiger partial charge in [-0.1, -0.05) is 20.8 Å². The number of hydrogen-bond donors (Lipinski definition) is 1. The van der Waals surface area contributed by atoms with E-state index in [0.717, 1.165) is 61.6 Å². The molecule has 7 nitrogen and oxygen atoms in total. The molecule has 1 saturated heterocycles. The van der Waals surface area contributed by atoms with Crippen molar-refractivity contribution in [1.82, 2.24) is 14.8 Å². The maximum absolute atomic E-state index is 14.0. The fraction of sp³-hybridized carbons (Fsp3) is 0.679. The third-order valence-electron chi connectivity index (χ3n) is 9.34. The number of morpholine rings is 1. The minimum Gasteiger partial charge on any atom is -0.493 e. The smallest absolute Gasteiger partial charge is 0.253 e. The Hall–Kier alpha value is -2.25. The normalized spacial score (nSPS) is 27.9. The fourth-order valence-electron chi connectivity index (χ4n) is 7.38. The predicted molar refractivity (Wildman–Crippen MR) is 138 cm³/mol. The minimum absolute atomic E-state index is 0.0247. The van der Waals surface area contributed by atoms with Gasteiger partial charge in [-0.05, 0) is 55.1 Å². The molecule has 0 radical (unpaired) electrons. The highest BCUT2D eigenvalue weighted by Gasteiger charge is 2.59. The van der Waals surface area contributed by atoms with E-state index in [-0.39, 0.29) is 22.8 Å². The van der Waals surface area contributed by atoms with Crippen molar-refractivity contribution in [3.63, 3.8) is 0 Å². The number of hydrogen-bond acceptors (Lipinski definition) is 5. The zero-order valence-electron chi connectivity index (χ0n) is 22.2.